The lowest BCUT2D eigenvalue weighted by Crippen LogP contribution is -2.15. The molecule has 2 nitrogen and oxygen atoms in total. The van der Waals surface area contributed by atoms with Gasteiger partial charge in [-0.05, 0) is 47.0 Å². The van der Waals surface area contributed by atoms with E-state index in [1.807, 2.05) is 0 Å². The first kappa shape index (κ1) is 9.65. The summed E-state index contributed by atoms with van der Waals surface area (Å²) in [5, 5.41) is 0. The molecule has 0 radical (unpaired) electrons. The van der Waals surface area contributed by atoms with Crippen molar-refractivity contribution < 1.29 is 4.39 Å². The first-order valence-corrected chi connectivity index (χ1v) is 5.25. The fourth-order valence-electron chi connectivity index (χ4n) is 1.17. The van der Waals surface area contributed by atoms with E-state index in [1.165, 1.54) is 12.1 Å². The van der Waals surface area contributed by atoms with E-state index in [0.717, 1.165) is 18.4 Å². The molecule has 1 aromatic rings. The van der Waals surface area contributed by atoms with Gasteiger partial charge in [-0.15, -0.1) is 0 Å². The number of aliphatic imine (C=N–C) groups is 1. The molecular weight excluding hydrogens is 247 g/mol. The van der Waals surface area contributed by atoms with E-state index < -0.39 is 0 Å². The van der Waals surface area contributed by atoms with Crippen LogP contribution in [-0.4, -0.2) is 11.9 Å². The van der Waals surface area contributed by atoms with Crippen molar-refractivity contribution in [1.82, 2.24) is 0 Å². The minimum absolute atomic E-state index is 0.278. The summed E-state index contributed by atoms with van der Waals surface area (Å²) in [6.07, 6.45) is 2.22. The lowest BCUT2D eigenvalue weighted by atomic mass is 10.2. The summed E-state index contributed by atoms with van der Waals surface area (Å²) in [6.45, 7) is 0. The second kappa shape index (κ2) is 3.69. The Labute approximate surface area is 90.2 Å². The summed E-state index contributed by atoms with van der Waals surface area (Å²) in [6, 6.07) is 4.80. The molecular formula is C10H10BrFN2. The fourth-order valence-corrected chi connectivity index (χ4v) is 1.72. The number of benzene rings is 1. The average molecular weight is 257 g/mol. The Hall–Kier alpha value is -0.900. The van der Waals surface area contributed by atoms with E-state index in [4.69, 9.17) is 5.73 Å². The SMILES string of the molecule is NC(=NC1CC1)c1ccc(F)cc1Br. The maximum atomic E-state index is 12.8. The van der Waals surface area contributed by atoms with Crippen molar-refractivity contribution in [3.8, 4) is 0 Å². The molecule has 0 spiro atoms. The zero-order valence-electron chi connectivity index (χ0n) is 7.50. The third-order valence-corrected chi connectivity index (χ3v) is 2.73. The smallest absolute Gasteiger partial charge is 0.127 e. The predicted octanol–water partition coefficient (Wildman–Crippen LogP) is 2.46. The van der Waals surface area contributed by atoms with Crippen LogP contribution in [0.25, 0.3) is 0 Å². The molecule has 1 aromatic carbocycles. The van der Waals surface area contributed by atoms with Gasteiger partial charge in [-0.3, -0.25) is 4.99 Å². The highest BCUT2D eigenvalue weighted by atomic mass is 79.9. The molecule has 1 saturated carbocycles. The Morgan fingerprint density at radius 3 is 2.79 bits per heavy atom. The first-order valence-electron chi connectivity index (χ1n) is 4.45. The zero-order chi connectivity index (χ0) is 10.1. The van der Waals surface area contributed by atoms with Crippen molar-refractivity contribution in [2.75, 3.05) is 0 Å². The minimum atomic E-state index is -0.278. The number of amidine groups is 1. The molecule has 0 unspecified atom stereocenters. The highest BCUT2D eigenvalue weighted by molar-refractivity contribution is 9.10. The summed E-state index contributed by atoms with van der Waals surface area (Å²) in [5.41, 5.74) is 6.55. The van der Waals surface area contributed by atoms with Gasteiger partial charge in [0.15, 0.2) is 0 Å². The molecule has 2 rings (SSSR count). The highest BCUT2D eigenvalue weighted by Gasteiger charge is 2.21. The lowest BCUT2D eigenvalue weighted by Gasteiger charge is -2.03. The normalized spacial score (nSPS) is 17.1. The molecule has 0 heterocycles. The van der Waals surface area contributed by atoms with Crippen molar-refractivity contribution in [3.05, 3.63) is 34.1 Å². The number of nitrogens with two attached hydrogens (primary N) is 1. The summed E-state index contributed by atoms with van der Waals surface area (Å²) < 4.78 is 13.4. The van der Waals surface area contributed by atoms with E-state index >= 15 is 0 Å². The molecule has 0 amide bonds. The van der Waals surface area contributed by atoms with Crippen LogP contribution in [0.3, 0.4) is 0 Å². The summed E-state index contributed by atoms with van der Waals surface area (Å²) in [5.74, 6) is 0.208. The monoisotopic (exact) mass is 256 g/mol. The molecule has 0 bridgehead atoms. The zero-order valence-corrected chi connectivity index (χ0v) is 9.09. The maximum absolute atomic E-state index is 12.8. The van der Waals surface area contributed by atoms with Crippen LogP contribution in [0, 0.1) is 5.82 Å². The molecule has 74 valence electrons. The Morgan fingerprint density at radius 2 is 2.21 bits per heavy atom. The fraction of sp³-hybridized carbons (Fsp3) is 0.300. The van der Waals surface area contributed by atoms with E-state index in [2.05, 4.69) is 20.9 Å². The van der Waals surface area contributed by atoms with Gasteiger partial charge in [0.1, 0.15) is 11.7 Å². The largest absolute Gasteiger partial charge is 0.383 e. The number of hydrogen-bond acceptors (Lipinski definition) is 1. The standard InChI is InChI=1S/C10H10BrFN2/c11-9-5-6(12)1-4-8(9)10(13)14-7-2-3-7/h1,4-5,7H,2-3H2,(H2,13,14). The van der Waals surface area contributed by atoms with Crippen molar-refractivity contribution in [1.29, 1.82) is 0 Å². The van der Waals surface area contributed by atoms with Crippen LogP contribution < -0.4 is 5.73 Å². The molecule has 14 heavy (non-hydrogen) atoms. The van der Waals surface area contributed by atoms with Gasteiger partial charge in [0.05, 0.1) is 6.04 Å². The van der Waals surface area contributed by atoms with Crippen LogP contribution in [0.1, 0.15) is 18.4 Å². The number of halogens is 2. The highest BCUT2D eigenvalue weighted by Crippen LogP contribution is 2.25. The van der Waals surface area contributed by atoms with Gasteiger partial charge in [-0.2, -0.15) is 0 Å². The topological polar surface area (TPSA) is 38.4 Å². The van der Waals surface area contributed by atoms with Crippen LogP contribution in [0.15, 0.2) is 27.7 Å². The lowest BCUT2D eigenvalue weighted by molar-refractivity contribution is 0.627. The van der Waals surface area contributed by atoms with Crippen LogP contribution in [0.4, 0.5) is 4.39 Å². The Bertz CT molecular complexity index is 386. The average Bonchev–Trinajstić information content (AvgIpc) is 2.87. The van der Waals surface area contributed by atoms with Crippen LogP contribution >= 0.6 is 15.9 Å². The molecule has 1 aliphatic carbocycles. The Balaban J connectivity index is 2.30. The second-order valence-corrected chi connectivity index (χ2v) is 4.22. The van der Waals surface area contributed by atoms with E-state index in [-0.39, 0.29) is 5.82 Å². The summed E-state index contributed by atoms with van der Waals surface area (Å²) in [7, 11) is 0. The van der Waals surface area contributed by atoms with Crippen LogP contribution in [0.5, 0.6) is 0 Å². The van der Waals surface area contributed by atoms with Gasteiger partial charge in [-0.1, -0.05) is 0 Å². The molecule has 0 atom stereocenters. The number of hydrogen-bond donors (Lipinski definition) is 1. The minimum Gasteiger partial charge on any atom is -0.383 e. The van der Waals surface area contributed by atoms with Gasteiger partial charge >= 0.3 is 0 Å². The first-order chi connectivity index (χ1) is 6.66. The molecule has 4 heteroatoms. The molecule has 0 saturated heterocycles. The molecule has 0 aromatic heterocycles. The third-order valence-electron chi connectivity index (χ3n) is 2.08. The maximum Gasteiger partial charge on any atom is 0.127 e. The van der Waals surface area contributed by atoms with Crippen molar-refractivity contribution >= 4 is 21.8 Å². The molecule has 0 aliphatic heterocycles. The van der Waals surface area contributed by atoms with Gasteiger partial charge < -0.3 is 5.73 Å². The quantitative estimate of drug-likeness (QED) is 0.641. The molecule has 1 fully saturated rings. The summed E-state index contributed by atoms with van der Waals surface area (Å²) in [4.78, 5) is 4.29. The Morgan fingerprint density at radius 1 is 1.50 bits per heavy atom. The van der Waals surface area contributed by atoms with Gasteiger partial charge in [-0.25, -0.2) is 4.39 Å². The second-order valence-electron chi connectivity index (χ2n) is 3.37. The van der Waals surface area contributed by atoms with Gasteiger partial charge in [0, 0.05) is 10.0 Å². The van der Waals surface area contributed by atoms with Crippen LogP contribution in [0.2, 0.25) is 0 Å². The third kappa shape index (κ3) is 2.12. The van der Waals surface area contributed by atoms with E-state index in [0.29, 0.717) is 16.4 Å². The van der Waals surface area contributed by atoms with Gasteiger partial charge in [0.2, 0.25) is 0 Å². The van der Waals surface area contributed by atoms with Crippen molar-refractivity contribution in [2.45, 2.75) is 18.9 Å². The number of nitrogens with zero attached hydrogens (tertiary/aromatic N) is 1. The summed E-state index contributed by atoms with van der Waals surface area (Å²) >= 11 is 3.26. The van der Waals surface area contributed by atoms with Crippen LogP contribution in [-0.2, 0) is 0 Å². The molecule has 1 aliphatic rings. The van der Waals surface area contributed by atoms with E-state index in [9.17, 15) is 4.39 Å². The number of rotatable bonds is 2. The predicted molar refractivity (Wildman–Crippen MR) is 57.8 cm³/mol. The molecule has 2 N–H and O–H groups in total. The van der Waals surface area contributed by atoms with E-state index in [1.54, 1.807) is 6.07 Å². The van der Waals surface area contributed by atoms with Crippen molar-refractivity contribution in [3.63, 3.8) is 0 Å². The Kier molecular flexibility index (Phi) is 2.54. The van der Waals surface area contributed by atoms with Gasteiger partial charge in [0.25, 0.3) is 0 Å². The van der Waals surface area contributed by atoms with Crippen molar-refractivity contribution in [2.24, 2.45) is 10.7 Å².